The Labute approximate surface area is 247 Å². The molecule has 3 aromatic rings. The van der Waals surface area contributed by atoms with Crippen LogP contribution in [0.15, 0.2) is 47.5 Å². The third kappa shape index (κ3) is 6.26. The number of nitrogens with zero attached hydrogens (tertiary/aromatic N) is 2. The molecule has 1 unspecified atom stereocenters. The Hall–Kier alpha value is -3.58. The van der Waals surface area contributed by atoms with E-state index in [9.17, 15) is 26.4 Å². The molecule has 1 atom stereocenters. The van der Waals surface area contributed by atoms with Crippen molar-refractivity contribution in [1.29, 1.82) is 0 Å². The van der Waals surface area contributed by atoms with Crippen molar-refractivity contribution in [1.82, 2.24) is 15.3 Å². The van der Waals surface area contributed by atoms with Gasteiger partial charge in [0.15, 0.2) is 15.7 Å². The molecule has 0 bridgehead atoms. The van der Waals surface area contributed by atoms with E-state index >= 15 is 0 Å². The molecule has 9 nitrogen and oxygen atoms in total. The first-order chi connectivity index (χ1) is 19.5. The number of para-hydroxylation sites is 1. The third-order valence-electron chi connectivity index (χ3n) is 7.31. The number of carbonyl (C=O) groups is 1. The van der Waals surface area contributed by atoms with Crippen LogP contribution in [0.4, 0.5) is 36.3 Å². The fourth-order valence-corrected chi connectivity index (χ4v) is 6.21. The molecule has 2 aromatic carbocycles. The van der Waals surface area contributed by atoms with Gasteiger partial charge in [-0.1, -0.05) is 37.6 Å². The minimum atomic E-state index is -4.99. The fraction of sp³-hybridized carbons (Fsp3) is 0.393. The van der Waals surface area contributed by atoms with Crippen molar-refractivity contribution in [3.63, 3.8) is 0 Å². The van der Waals surface area contributed by atoms with Crippen molar-refractivity contribution in [3.05, 3.63) is 58.7 Å². The summed E-state index contributed by atoms with van der Waals surface area (Å²) in [4.78, 5) is 20.5. The second kappa shape index (κ2) is 11.6. The first kappa shape index (κ1) is 31.4. The van der Waals surface area contributed by atoms with Crippen LogP contribution in [0.1, 0.15) is 45.2 Å². The van der Waals surface area contributed by atoms with Gasteiger partial charge in [-0.05, 0) is 62.1 Å². The Morgan fingerprint density at radius 2 is 1.83 bits per heavy atom. The van der Waals surface area contributed by atoms with Gasteiger partial charge in [0.1, 0.15) is 10.8 Å². The van der Waals surface area contributed by atoms with Crippen molar-refractivity contribution in [3.8, 4) is 5.75 Å². The van der Waals surface area contributed by atoms with Gasteiger partial charge >= 0.3 is 12.1 Å². The van der Waals surface area contributed by atoms with Crippen LogP contribution in [0.2, 0.25) is 5.02 Å². The van der Waals surface area contributed by atoms with Gasteiger partial charge in [-0.2, -0.15) is 18.2 Å². The monoisotopic (exact) mass is 625 g/mol. The minimum Gasteiger partial charge on any atom is -0.495 e. The zero-order valence-electron chi connectivity index (χ0n) is 23.6. The van der Waals surface area contributed by atoms with Gasteiger partial charge in [-0.25, -0.2) is 13.4 Å². The number of methoxy groups -OCH3 is 1. The zero-order chi connectivity index (χ0) is 31.0. The number of fused-ring (bicyclic) bond motifs is 1. The molecule has 1 amide bonds. The number of alkyl halides is 3. The van der Waals surface area contributed by atoms with Gasteiger partial charge < -0.3 is 20.7 Å². The number of amides is 1. The molecule has 14 heteroatoms. The number of halogens is 4. The van der Waals surface area contributed by atoms with Crippen LogP contribution in [-0.4, -0.2) is 48.9 Å². The summed E-state index contributed by atoms with van der Waals surface area (Å²) < 4.78 is 70.3. The maximum atomic E-state index is 13.0. The van der Waals surface area contributed by atoms with E-state index in [1.165, 1.54) is 19.4 Å². The van der Waals surface area contributed by atoms with Crippen molar-refractivity contribution >= 4 is 50.5 Å². The third-order valence-corrected chi connectivity index (χ3v) is 9.80. The molecule has 0 saturated carbocycles. The van der Waals surface area contributed by atoms with Crippen molar-refractivity contribution in [2.24, 2.45) is 0 Å². The van der Waals surface area contributed by atoms with Crippen LogP contribution in [0, 0.1) is 0 Å². The summed E-state index contributed by atoms with van der Waals surface area (Å²) >= 11 is 6.35. The summed E-state index contributed by atoms with van der Waals surface area (Å²) in [7, 11) is -2.14. The number of anilines is 4. The number of ether oxygens (including phenoxy) is 1. The zero-order valence-corrected chi connectivity index (χ0v) is 25.1. The van der Waals surface area contributed by atoms with Crippen molar-refractivity contribution < 1.29 is 31.1 Å². The van der Waals surface area contributed by atoms with Gasteiger partial charge in [-0.3, -0.25) is 4.79 Å². The van der Waals surface area contributed by atoms with E-state index in [0.717, 1.165) is 11.1 Å². The normalized spacial score (nSPS) is 16.5. The van der Waals surface area contributed by atoms with Crippen LogP contribution in [0.5, 0.6) is 5.75 Å². The number of aryl methyl sites for hydroxylation is 1. The molecule has 0 fully saturated rings. The minimum absolute atomic E-state index is 0.0925. The summed E-state index contributed by atoms with van der Waals surface area (Å²) in [6.45, 7) is 6.72. The van der Waals surface area contributed by atoms with E-state index in [-0.39, 0.29) is 27.4 Å². The standard InChI is InChI=1S/C28H31ClF3N5O4S/c1-15(2)42(39,40)22-9-7-6-8-19(22)34-24-18(29)14-33-26(37-24)35-20-13-17-16(12-21(20)41-5)10-11-23(27(17,3)4)36-25(38)28(30,31)32/h6-9,12-15,23H,10-11H2,1-5H3,(H,36,38)(H2,33,34,35,37). The van der Waals surface area contributed by atoms with Crippen molar-refractivity contribution in [2.45, 2.75) is 68.3 Å². The summed E-state index contributed by atoms with van der Waals surface area (Å²) in [6.07, 6.45) is -2.89. The molecule has 0 saturated heterocycles. The quantitative estimate of drug-likeness (QED) is 0.275. The van der Waals surface area contributed by atoms with Gasteiger partial charge in [0.05, 0.1) is 34.8 Å². The van der Waals surface area contributed by atoms with Gasteiger partial charge in [0.25, 0.3) is 0 Å². The molecule has 4 rings (SSSR count). The largest absolute Gasteiger partial charge is 0.495 e. The van der Waals surface area contributed by atoms with E-state index in [1.54, 1.807) is 58.0 Å². The fourth-order valence-electron chi connectivity index (χ4n) is 4.87. The molecule has 1 aromatic heterocycles. The highest BCUT2D eigenvalue weighted by Crippen LogP contribution is 2.43. The van der Waals surface area contributed by atoms with Gasteiger partial charge in [0, 0.05) is 11.5 Å². The average molecular weight is 626 g/mol. The predicted octanol–water partition coefficient (Wildman–Crippen LogP) is 6.08. The number of hydrogen-bond acceptors (Lipinski definition) is 8. The molecule has 0 aliphatic heterocycles. The molecular formula is C28H31ClF3N5O4S. The molecule has 1 heterocycles. The molecule has 0 spiro atoms. The summed E-state index contributed by atoms with van der Waals surface area (Å²) in [5.74, 6) is -1.29. The number of hydrogen-bond donors (Lipinski definition) is 3. The highest BCUT2D eigenvalue weighted by atomic mass is 35.5. The number of carbonyl (C=O) groups excluding carboxylic acids is 1. The maximum absolute atomic E-state index is 13.0. The average Bonchev–Trinajstić information content (AvgIpc) is 2.91. The number of sulfone groups is 1. The summed E-state index contributed by atoms with van der Waals surface area (Å²) in [6, 6.07) is 9.18. The van der Waals surface area contributed by atoms with E-state index in [0.29, 0.717) is 24.3 Å². The Morgan fingerprint density at radius 1 is 1.14 bits per heavy atom. The second-order valence-electron chi connectivity index (χ2n) is 10.7. The van der Waals surface area contributed by atoms with Crippen LogP contribution in [-0.2, 0) is 26.5 Å². The lowest BCUT2D eigenvalue weighted by molar-refractivity contribution is -0.175. The van der Waals surface area contributed by atoms with E-state index in [2.05, 4.69) is 25.9 Å². The SMILES string of the molecule is COc1cc2c(cc1Nc1ncc(Cl)c(Nc3ccccc3S(=O)(=O)C(C)C)n1)C(C)(C)C(NC(=O)C(F)(F)F)CC2. The summed E-state index contributed by atoms with van der Waals surface area (Å²) in [5.41, 5.74) is 1.48. The van der Waals surface area contributed by atoms with Crippen molar-refractivity contribution in [2.75, 3.05) is 17.7 Å². The lowest BCUT2D eigenvalue weighted by Crippen LogP contribution is -2.53. The number of aromatic nitrogens is 2. The molecular weight excluding hydrogens is 595 g/mol. The first-order valence-corrected chi connectivity index (χ1v) is 15.0. The highest BCUT2D eigenvalue weighted by molar-refractivity contribution is 7.92. The Bertz CT molecular complexity index is 1610. The van der Waals surface area contributed by atoms with Crippen LogP contribution in [0.3, 0.4) is 0 Å². The van der Waals surface area contributed by atoms with Crippen LogP contribution in [0.25, 0.3) is 0 Å². The summed E-state index contributed by atoms with van der Waals surface area (Å²) in [5, 5.41) is 7.69. The second-order valence-corrected chi connectivity index (χ2v) is 13.6. The molecule has 1 aliphatic carbocycles. The number of nitrogens with one attached hydrogen (secondary N) is 3. The Balaban J connectivity index is 1.67. The predicted molar refractivity (Wildman–Crippen MR) is 155 cm³/mol. The van der Waals surface area contributed by atoms with Crippen LogP contribution < -0.4 is 20.7 Å². The Kier molecular flexibility index (Phi) is 8.66. The molecule has 226 valence electrons. The van der Waals surface area contributed by atoms with E-state index < -0.39 is 38.6 Å². The number of benzene rings is 2. The molecule has 3 N–H and O–H groups in total. The molecule has 0 radical (unpaired) electrons. The highest BCUT2D eigenvalue weighted by Gasteiger charge is 2.44. The molecule has 42 heavy (non-hydrogen) atoms. The Morgan fingerprint density at radius 3 is 2.48 bits per heavy atom. The number of rotatable bonds is 8. The van der Waals surface area contributed by atoms with E-state index in [1.807, 2.05) is 0 Å². The van der Waals surface area contributed by atoms with Gasteiger partial charge in [-0.15, -0.1) is 0 Å². The molecule has 1 aliphatic rings. The van der Waals surface area contributed by atoms with E-state index in [4.69, 9.17) is 16.3 Å². The maximum Gasteiger partial charge on any atom is 0.471 e. The van der Waals surface area contributed by atoms with Crippen LogP contribution >= 0.6 is 11.6 Å². The smallest absolute Gasteiger partial charge is 0.471 e. The lowest BCUT2D eigenvalue weighted by atomic mass is 9.69. The lowest BCUT2D eigenvalue weighted by Gasteiger charge is -2.41. The topological polar surface area (TPSA) is 122 Å². The first-order valence-electron chi connectivity index (χ1n) is 13.0. The van der Waals surface area contributed by atoms with Gasteiger partial charge in [0.2, 0.25) is 5.95 Å².